The van der Waals surface area contributed by atoms with Crippen molar-refractivity contribution in [1.29, 1.82) is 0 Å². The predicted octanol–water partition coefficient (Wildman–Crippen LogP) is 2.52. The molecular formula is C19H21NO4S. The number of benzene rings is 2. The quantitative estimate of drug-likeness (QED) is 0.910. The van der Waals surface area contributed by atoms with Crippen LogP contribution in [0.2, 0.25) is 0 Å². The highest BCUT2D eigenvalue weighted by Gasteiger charge is 2.26. The van der Waals surface area contributed by atoms with E-state index in [0.717, 1.165) is 16.9 Å². The van der Waals surface area contributed by atoms with E-state index in [9.17, 15) is 13.2 Å². The lowest BCUT2D eigenvalue weighted by molar-refractivity contribution is -0.126. The lowest BCUT2D eigenvalue weighted by Crippen LogP contribution is -2.38. The van der Waals surface area contributed by atoms with Crippen molar-refractivity contribution in [2.75, 3.05) is 12.9 Å². The molecule has 0 fully saturated rings. The minimum Gasteiger partial charge on any atom is -0.492 e. The highest BCUT2D eigenvalue weighted by Crippen LogP contribution is 2.27. The number of ether oxygens (including phenoxy) is 1. The first kappa shape index (κ1) is 17.5. The van der Waals surface area contributed by atoms with Crippen LogP contribution >= 0.6 is 0 Å². The molecule has 1 heterocycles. The number of amides is 1. The number of hydrogen-bond donors (Lipinski definition) is 1. The molecule has 0 saturated heterocycles. The third kappa shape index (κ3) is 4.02. The molecule has 1 amide bonds. The van der Waals surface area contributed by atoms with Crippen LogP contribution < -0.4 is 10.1 Å². The number of carbonyl (C=O) groups excluding carboxylic acids is 1. The summed E-state index contributed by atoms with van der Waals surface area (Å²) in [6.45, 7) is 2.24. The Hall–Kier alpha value is -2.34. The van der Waals surface area contributed by atoms with Crippen LogP contribution in [0.1, 0.15) is 24.1 Å². The Morgan fingerprint density at radius 2 is 1.84 bits per heavy atom. The summed E-state index contributed by atoms with van der Waals surface area (Å²) < 4.78 is 28.7. The summed E-state index contributed by atoms with van der Waals surface area (Å²) in [6, 6.07) is 14.1. The first-order chi connectivity index (χ1) is 11.8. The SMILES string of the molecule is C[C@@H](NC(=O)[C@H]1COc2ccccc2C1)c1ccc(S(C)(=O)=O)cc1. The van der Waals surface area contributed by atoms with Gasteiger partial charge in [0.05, 0.1) is 16.9 Å². The minimum absolute atomic E-state index is 0.0609. The lowest BCUT2D eigenvalue weighted by atomic mass is 9.95. The van der Waals surface area contributed by atoms with Gasteiger partial charge >= 0.3 is 0 Å². The summed E-state index contributed by atoms with van der Waals surface area (Å²) in [5.74, 6) is 0.554. The summed E-state index contributed by atoms with van der Waals surface area (Å²) in [7, 11) is -3.22. The normalized spacial score (nSPS) is 17.9. The van der Waals surface area contributed by atoms with Crippen molar-refractivity contribution in [3.05, 3.63) is 59.7 Å². The Kier molecular flexibility index (Phi) is 4.81. The number of hydrogen-bond acceptors (Lipinski definition) is 4. The zero-order chi connectivity index (χ0) is 18.0. The molecule has 3 rings (SSSR count). The topological polar surface area (TPSA) is 72.5 Å². The first-order valence-electron chi connectivity index (χ1n) is 8.15. The number of rotatable bonds is 4. The molecule has 0 saturated carbocycles. The molecule has 0 unspecified atom stereocenters. The van der Waals surface area contributed by atoms with Gasteiger partial charge in [-0.15, -0.1) is 0 Å². The Labute approximate surface area is 147 Å². The third-order valence-corrected chi connectivity index (χ3v) is 5.55. The fourth-order valence-electron chi connectivity index (χ4n) is 2.91. The highest BCUT2D eigenvalue weighted by atomic mass is 32.2. The molecule has 1 aliphatic heterocycles. The minimum atomic E-state index is -3.22. The fraction of sp³-hybridized carbons (Fsp3) is 0.316. The van der Waals surface area contributed by atoms with Crippen molar-refractivity contribution in [3.63, 3.8) is 0 Å². The molecule has 0 spiro atoms. The summed E-state index contributed by atoms with van der Waals surface area (Å²) in [5, 5.41) is 2.99. The van der Waals surface area contributed by atoms with Crippen molar-refractivity contribution >= 4 is 15.7 Å². The van der Waals surface area contributed by atoms with Crippen LogP contribution in [0.3, 0.4) is 0 Å². The molecule has 2 aromatic rings. The molecule has 0 bridgehead atoms. The van der Waals surface area contributed by atoms with Crippen LogP contribution in [-0.4, -0.2) is 27.2 Å². The van der Waals surface area contributed by atoms with Crippen molar-refractivity contribution < 1.29 is 17.9 Å². The smallest absolute Gasteiger partial charge is 0.227 e. The zero-order valence-electron chi connectivity index (χ0n) is 14.2. The van der Waals surface area contributed by atoms with E-state index in [2.05, 4.69) is 5.32 Å². The number of carbonyl (C=O) groups is 1. The molecule has 5 nitrogen and oxygen atoms in total. The standard InChI is InChI=1S/C19H21NO4S/c1-13(14-7-9-17(10-8-14)25(2,22)23)20-19(21)16-11-15-5-3-4-6-18(15)24-12-16/h3-10,13,16H,11-12H2,1-2H3,(H,20,21)/t13-,16-/m1/s1. The van der Waals surface area contributed by atoms with E-state index in [0.29, 0.717) is 13.0 Å². The van der Waals surface area contributed by atoms with E-state index >= 15 is 0 Å². The van der Waals surface area contributed by atoms with Crippen molar-refractivity contribution in [1.82, 2.24) is 5.32 Å². The van der Waals surface area contributed by atoms with Gasteiger partial charge in [-0.05, 0) is 42.7 Å². The summed E-state index contributed by atoms with van der Waals surface area (Å²) in [5.41, 5.74) is 1.90. The van der Waals surface area contributed by atoms with E-state index < -0.39 is 9.84 Å². The Morgan fingerprint density at radius 3 is 2.52 bits per heavy atom. The summed E-state index contributed by atoms with van der Waals surface area (Å²) in [6.07, 6.45) is 1.83. The van der Waals surface area contributed by atoms with Crippen LogP contribution in [0.4, 0.5) is 0 Å². The zero-order valence-corrected chi connectivity index (χ0v) is 15.0. The predicted molar refractivity (Wildman–Crippen MR) is 95.2 cm³/mol. The van der Waals surface area contributed by atoms with Gasteiger partial charge in [0.2, 0.25) is 5.91 Å². The van der Waals surface area contributed by atoms with Crippen LogP contribution in [-0.2, 0) is 21.1 Å². The molecule has 25 heavy (non-hydrogen) atoms. The molecule has 0 radical (unpaired) electrons. The number of para-hydroxylation sites is 1. The largest absolute Gasteiger partial charge is 0.492 e. The highest BCUT2D eigenvalue weighted by molar-refractivity contribution is 7.90. The summed E-state index contributed by atoms with van der Waals surface area (Å²) >= 11 is 0. The van der Waals surface area contributed by atoms with Crippen molar-refractivity contribution in [2.45, 2.75) is 24.3 Å². The van der Waals surface area contributed by atoms with E-state index in [1.54, 1.807) is 24.3 Å². The van der Waals surface area contributed by atoms with E-state index in [4.69, 9.17) is 4.74 Å². The average molecular weight is 359 g/mol. The van der Waals surface area contributed by atoms with Crippen molar-refractivity contribution in [3.8, 4) is 5.75 Å². The molecule has 2 aromatic carbocycles. The molecule has 1 aliphatic rings. The van der Waals surface area contributed by atoms with Gasteiger partial charge in [0.15, 0.2) is 9.84 Å². The van der Waals surface area contributed by atoms with Gasteiger partial charge in [-0.2, -0.15) is 0 Å². The molecule has 6 heteroatoms. The van der Waals surface area contributed by atoms with E-state index in [1.807, 2.05) is 31.2 Å². The van der Waals surface area contributed by atoms with Crippen molar-refractivity contribution in [2.24, 2.45) is 5.92 Å². The Bertz CT molecular complexity index is 875. The van der Waals surface area contributed by atoms with E-state index in [1.165, 1.54) is 6.26 Å². The average Bonchev–Trinajstić information content (AvgIpc) is 2.60. The van der Waals surface area contributed by atoms with Gasteiger partial charge in [0, 0.05) is 6.26 Å². The second kappa shape index (κ2) is 6.88. The van der Waals surface area contributed by atoms with Gasteiger partial charge in [-0.25, -0.2) is 8.42 Å². The summed E-state index contributed by atoms with van der Waals surface area (Å²) in [4.78, 5) is 12.8. The number of fused-ring (bicyclic) bond motifs is 1. The van der Waals surface area contributed by atoms with Crippen LogP contribution in [0, 0.1) is 5.92 Å². The monoisotopic (exact) mass is 359 g/mol. The van der Waals surface area contributed by atoms with Gasteiger partial charge in [-0.3, -0.25) is 4.79 Å². The maximum absolute atomic E-state index is 12.5. The Balaban J connectivity index is 1.65. The molecule has 1 N–H and O–H groups in total. The lowest BCUT2D eigenvalue weighted by Gasteiger charge is -2.26. The maximum Gasteiger partial charge on any atom is 0.227 e. The Morgan fingerprint density at radius 1 is 1.16 bits per heavy atom. The first-order valence-corrected chi connectivity index (χ1v) is 10.0. The van der Waals surface area contributed by atoms with Gasteiger partial charge in [-0.1, -0.05) is 30.3 Å². The fourth-order valence-corrected chi connectivity index (χ4v) is 3.55. The number of nitrogens with one attached hydrogen (secondary N) is 1. The van der Waals surface area contributed by atoms with Crippen LogP contribution in [0.25, 0.3) is 0 Å². The second-order valence-electron chi connectivity index (χ2n) is 6.39. The van der Waals surface area contributed by atoms with E-state index in [-0.39, 0.29) is 22.8 Å². The molecule has 0 aliphatic carbocycles. The molecular weight excluding hydrogens is 338 g/mol. The maximum atomic E-state index is 12.5. The molecule has 132 valence electrons. The molecule has 2 atom stereocenters. The third-order valence-electron chi connectivity index (χ3n) is 4.42. The van der Waals surface area contributed by atoms with Gasteiger partial charge in [0.1, 0.15) is 12.4 Å². The van der Waals surface area contributed by atoms with Gasteiger partial charge in [0.25, 0.3) is 0 Å². The second-order valence-corrected chi connectivity index (χ2v) is 8.41. The number of sulfone groups is 1. The van der Waals surface area contributed by atoms with Crippen LogP contribution in [0.5, 0.6) is 5.75 Å². The molecule has 0 aromatic heterocycles. The van der Waals surface area contributed by atoms with Gasteiger partial charge < -0.3 is 10.1 Å². The van der Waals surface area contributed by atoms with Crippen LogP contribution in [0.15, 0.2) is 53.4 Å².